The van der Waals surface area contributed by atoms with Crippen molar-refractivity contribution in [1.82, 2.24) is 19.5 Å². The molecule has 0 amide bonds. The first kappa shape index (κ1) is 20.7. The number of nitrogens with zero attached hydrogens (tertiary/aromatic N) is 4. The van der Waals surface area contributed by atoms with Gasteiger partial charge in [-0.05, 0) is 45.4 Å². The number of phenols is 1. The van der Waals surface area contributed by atoms with Crippen LogP contribution < -0.4 is 16.4 Å². The molecule has 0 spiro atoms. The predicted molar refractivity (Wildman–Crippen MR) is 115 cm³/mol. The molecular formula is C20H29N7O2. The number of phenolic OH excluding ortho intramolecular Hbond substituents is 1. The molecule has 29 heavy (non-hydrogen) atoms. The van der Waals surface area contributed by atoms with E-state index in [4.69, 9.17) is 5.73 Å². The average molecular weight is 399 g/mol. The zero-order valence-corrected chi connectivity index (χ0v) is 17.3. The van der Waals surface area contributed by atoms with E-state index in [0.717, 1.165) is 0 Å². The lowest BCUT2D eigenvalue weighted by Crippen LogP contribution is -2.41. The summed E-state index contributed by atoms with van der Waals surface area (Å²) in [6.07, 6.45) is 2.43. The standard InChI is InChI=1S/C20H29N7O2/c1-5-15(20(3,4)29)24-19-25-17(16-18(26-19)27(6-2)11-23-16)22-10-12-9-13(21)7-8-14(12)28/h7-9,11,15,28-29H,5-6,10,21H2,1-4H3,(H2,22,24,25,26). The monoisotopic (exact) mass is 399 g/mol. The molecule has 1 unspecified atom stereocenters. The van der Waals surface area contributed by atoms with Crippen molar-refractivity contribution >= 4 is 28.6 Å². The summed E-state index contributed by atoms with van der Waals surface area (Å²) < 4.78 is 1.93. The molecule has 2 heterocycles. The Labute approximate surface area is 170 Å². The van der Waals surface area contributed by atoms with Crippen LogP contribution in [0.1, 0.15) is 39.7 Å². The van der Waals surface area contributed by atoms with Gasteiger partial charge in [0.15, 0.2) is 17.0 Å². The molecule has 3 rings (SSSR count). The number of nitrogens with two attached hydrogens (primary N) is 1. The fraction of sp³-hybridized carbons (Fsp3) is 0.450. The van der Waals surface area contributed by atoms with Gasteiger partial charge in [-0.1, -0.05) is 6.92 Å². The Kier molecular flexibility index (Phi) is 5.78. The highest BCUT2D eigenvalue weighted by atomic mass is 16.3. The molecule has 0 aliphatic rings. The van der Waals surface area contributed by atoms with E-state index >= 15 is 0 Å². The summed E-state index contributed by atoms with van der Waals surface area (Å²) in [6.45, 7) is 8.55. The van der Waals surface area contributed by atoms with Crippen molar-refractivity contribution in [2.24, 2.45) is 0 Å². The van der Waals surface area contributed by atoms with Crippen LogP contribution in [-0.4, -0.2) is 41.4 Å². The smallest absolute Gasteiger partial charge is 0.227 e. The van der Waals surface area contributed by atoms with E-state index in [0.29, 0.717) is 53.7 Å². The van der Waals surface area contributed by atoms with Crippen LogP contribution in [0.3, 0.4) is 0 Å². The number of benzene rings is 1. The summed E-state index contributed by atoms with van der Waals surface area (Å²) in [5.41, 5.74) is 7.45. The molecule has 6 N–H and O–H groups in total. The van der Waals surface area contributed by atoms with Crippen molar-refractivity contribution in [1.29, 1.82) is 0 Å². The van der Waals surface area contributed by atoms with Crippen molar-refractivity contribution in [3.63, 3.8) is 0 Å². The van der Waals surface area contributed by atoms with Crippen molar-refractivity contribution in [3.05, 3.63) is 30.1 Å². The molecule has 156 valence electrons. The van der Waals surface area contributed by atoms with Gasteiger partial charge < -0.3 is 31.1 Å². The molecule has 1 aromatic carbocycles. The number of aromatic hydroxyl groups is 1. The van der Waals surface area contributed by atoms with Gasteiger partial charge in [0.25, 0.3) is 0 Å². The van der Waals surface area contributed by atoms with E-state index in [1.165, 1.54) is 0 Å². The molecule has 2 aromatic heterocycles. The predicted octanol–water partition coefficient (Wildman–Crippen LogP) is 2.71. The van der Waals surface area contributed by atoms with E-state index < -0.39 is 5.60 Å². The molecule has 9 heteroatoms. The number of imidazole rings is 1. The van der Waals surface area contributed by atoms with Gasteiger partial charge in [0.05, 0.1) is 18.0 Å². The summed E-state index contributed by atoms with van der Waals surface area (Å²) in [6, 6.07) is 4.71. The zero-order valence-electron chi connectivity index (χ0n) is 17.3. The van der Waals surface area contributed by atoms with Gasteiger partial charge in [0.1, 0.15) is 5.75 Å². The molecule has 3 aromatic rings. The third-order valence-corrected chi connectivity index (χ3v) is 4.92. The maximum atomic E-state index is 10.4. The van der Waals surface area contributed by atoms with Crippen LogP contribution in [0.25, 0.3) is 11.2 Å². The fourth-order valence-electron chi connectivity index (χ4n) is 3.22. The van der Waals surface area contributed by atoms with Crippen LogP contribution in [0.4, 0.5) is 17.5 Å². The Morgan fingerprint density at radius 3 is 2.66 bits per heavy atom. The summed E-state index contributed by atoms with van der Waals surface area (Å²) >= 11 is 0. The third-order valence-electron chi connectivity index (χ3n) is 4.92. The lowest BCUT2D eigenvalue weighted by atomic mass is 9.97. The molecule has 1 atom stereocenters. The topological polar surface area (TPSA) is 134 Å². The SMILES string of the molecule is CCC(Nc1nc(NCc2cc(N)ccc2O)c2ncn(CC)c2n1)C(C)(C)O. The Hall–Kier alpha value is -3.07. The summed E-state index contributed by atoms with van der Waals surface area (Å²) in [4.78, 5) is 13.6. The van der Waals surface area contributed by atoms with E-state index in [1.54, 1.807) is 38.4 Å². The Bertz CT molecular complexity index is 994. The van der Waals surface area contributed by atoms with E-state index in [-0.39, 0.29) is 11.8 Å². The Balaban J connectivity index is 1.96. The van der Waals surface area contributed by atoms with Gasteiger partial charge >= 0.3 is 0 Å². The number of aryl methyl sites for hydroxylation is 1. The van der Waals surface area contributed by atoms with Crippen molar-refractivity contribution < 1.29 is 10.2 Å². The van der Waals surface area contributed by atoms with Gasteiger partial charge in [-0.15, -0.1) is 0 Å². The van der Waals surface area contributed by atoms with Crippen LogP contribution in [-0.2, 0) is 13.1 Å². The molecule has 0 saturated carbocycles. The molecule has 0 fully saturated rings. The molecule has 0 saturated heterocycles. The second-order valence-corrected chi connectivity index (χ2v) is 7.60. The molecular weight excluding hydrogens is 370 g/mol. The van der Waals surface area contributed by atoms with Gasteiger partial charge in [-0.3, -0.25) is 0 Å². The number of hydrogen-bond donors (Lipinski definition) is 5. The van der Waals surface area contributed by atoms with Gasteiger partial charge in [-0.2, -0.15) is 9.97 Å². The minimum Gasteiger partial charge on any atom is -0.508 e. The molecule has 0 aliphatic carbocycles. The Morgan fingerprint density at radius 2 is 2.00 bits per heavy atom. The molecule has 9 nitrogen and oxygen atoms in total. The van der Waals surface area contributed by atoms with Crippen LogP contribution in [0, 0.1) is 0 Å². The molecule has 0 radical (unpaired) electrons. The van der Waals surface area contributed by atoms with Crippen LogP contribution in [0.5, 0.6) is 5.75 Å². The lowest BCUT2D eigenvalue weighted by molar-refractivity contribution is 0.0577. The van der Waals surface area contributed by atoms with Gasteiger partial charge in [-0.25, -0.2) is 4.98 Å². The molecule has 0 bridgehead atoms. The van der Waals surface area contributed by atoms with Crippen molar-refractivity contribution in [2.75, 3.05) is 16.4 Å². The van der Waals surface area contributed by atoms with Crippen LogP contribution >= 0.6 is 0 Å². The van der Waals surface area contributed by atoms with Gasteiger partial charge in [0, 0.05) is 24.3 Å². The van der Waals surface area contributed by atoms with Crippen LogP contribution in [0.15, 0.2) is 24.5 Å². The number of hydrogen-bond acceptors (Lipinski definition) is 8. The summed E-state index contributed by atoms with van der Waals surface area (Å²) in [5.74, 6) is 1.10. The number of rotatable bonds is 8. The lowest BCUT2D eigenvalue weighted by Gasteiger charge is -2.29. The summed E-state index contributed by atoms with van der Waals surface area (Å²) in [5, 5.41) is 26.9. The Morgan fingerprint density at radius 1 is 1.24 bits per heavy atom. The van der Waals surface area contributed by atoms with Crippen molar-refractivity contribution in [3.8, 4) is 5.75 Å². The minimum atomic E-state index is -0.932. The zero-order chi connectivity index (χ0) is 21.2. The number of aromatic nitrogens is 4. The number of anilines is 3. The quantitative estimate of drug-likeness (QED) is 0.288. The normalized spacial score (nSPS) is 12.9. The number of nitrogens with one attached hydrogen (secondary N) is 2. The largest absolute Gasteiger partial charge is 0.508 e. The fourth-order valence-corrected chi connectivity index (χ4v) is 3.22. The number of nitrogen functional groups attached to an aromatic ring is 1. The van der Waals surface area contributed by atoms with E-state index in [9.17, 15) is 10.2 Å². The molecule has 0 aliphatic heterocycles. The maximum absolute atomic E-state index is 10.4. The highest BCUT2D eigenvalue weighted by molar-refractivity contribution is 5.84. The average Bonchev–Trinajstić information content (AvgIpc) is 3.08. The second kappa shape index (κ2) is 8.12. The highest BCUT2D eigenvalue weighted by Crippen LogP contribution is 2.25. The summed E-state index contributed by atoms with van der Waals surface area (Å²) in [7, 11) is 0. The van der Waals surface area contributed by atoms with E-state index in [1.807, 2.05) is 18.4 Å². The number of fused-ring (bicyclic) bond motifs is 1. The van der Waals surface area contributed by atoms with Crippen LogP contribution in [0.2, 0.25) is 0 Å². The first-order chi connectivity index (χ1) is 13.7. The van der Waals surface area contributed by atoms with Crippen molar-refractivity contribution in [2.45, 2.75) is 58.8 Å². The highest BCUT2D eigenvalue weighted by Gasteiger charge is 2.26. The number of aliphatic hydroxyl groups is 1. The first-order valence-corrected chi connectivity index (χ1v) is 9.76. The second-order valence-electron chi connectivity index (χ2n) is 7.60. The first-order valence-electron chi connectivity index (χ1n) is 9.76. The third kappa shape index (κ3) is 4.51. The maximum Gasteiger partial charge on any atom is 0.227 e. The minimum absolute atomic E-state index is 0.155. The van der Waals surface area contributed by atoms with E-state index in [2.05, 4.69) is 25.6 Å². The van der Waals surface area contributed by atoms with Gasteiger partial charge in [0.2, 0.25) is 5.95 Å².